The monoisotopic (exact) mass is 419 g/mol. The molecule has 0 heterocycles. The molecule has 1 N–H and O–H groups in total. The molecule has 3 rings (SSSR count). The normalized spacial score (nSPS) is 10.5. The number of amides is 1. The highest BCUT2D eigenvalue weighted by molar-refractivity contribution is 6.04. The van der Waals surface area contributed by atoms with Crippen LogP contribution in [0.15, 0.2) is 78.9 Å². The van der Waals surface area contributed by atoms with Crippen LogP contribution >= 0.6 is 0 Å². The number of anilines is 1. The lowest BCUT2D eigenvalue weighted by atomic mass is 10.1. The number of hydrogen-bond acceptors (Lipinski definition) is 4. The summed E-state index contributed by atoms with van der Waals surface area (Å²) in [5.41, 5.74) is 2.52. The lowest BCUT2D eigenvalue weighted by Crippen LogP contribution is -2.12. The Morgan fingerprint density at radius 2 is 1.55 bits per heavy atom. The van der Waals surface area contributed by atoms with Gasteiger partial charge in [0.15, 0.2) is 0 Å². The minimum absolute atomic E-state index is 0.198. The molecule has 162 valence electrons. The summed E-state index contributed by atoms with van der Waals surface area (Å²) in [6.07, 6.45) is 1.90. The average Bonchev–Trinajstić information content (AvgIpc) is 2.81. The first-order chi connectivity index (χ1) is 15.2. The molecule has 5 nitrogen and oxygen atoms in total. The van der Waals surface area contributed by atoms with Crippen LogP contribution in [0.4, 0.5) is 5.69 Å². The number of benzene rings is 3. The molecule has 0 aromatic heterocycles. The molecular weight excluding hydrogens is 390 g/mol. The lowest BCUT2D eigenvalue weighted by molar-refractivity contribution is 0.102. The molecule has 0 unspecified atom stereocenters. The van der Waals surface area contributed by atoms with Gasteiger partial charge in [0.1, 0.15) is 18.1 Å². The summed E-state index contributed by atoms with van der Waals surface area (Å²) < 4.78 is 16.8. The van der Waals surface area contributed by atoms with Crippen LogP contribution in [0.5, 0.6) is 11.5 Å². The number of carbonyl (C=O) groups is 1. The third kappa shape index (κ3) is 7.79. The fourth-order valence-electron chi connectivity index (χ4n) is 3.07. The predicted molar refractivity (Wildman–Crippen MR) is 123 cm³/mol. The van der Waals surface area contributed by atoms with Gasteiger partial charge in [0, 0.05) is 23.9 Å². The molecule has 0 saturated carbocycles. The lowest BCUT2D eigenvalue weighted by Gasteiger charge is -2.11. The minimum Gasteiger partial charge on any atom is -0.494 e. The van der Waals surface area contributed by atoms with E-state index < -0.39 is 0 Å². The quantitative estimate of drug-likeness (QED) is 0.401. The molecule has 3 aromatic rings. The summed E-state index contributed by atoms with van der Waals surface area (Å²) in [5, 5.41) is 2.92. The van der Waals surface area contributed by atoms with Crippen LogP contribution in [0, 0.1) is 0 Å². The van der Waals surface area contributed by atoms with Crippen molar-refractivity contribution >= 4 is 11.6 Å². The Morgan fingerprint density at radius 1 is 0.806 bits per heavy atom. The minimum atomic E-state index is -0.198. The fourth-order valence-corrected chi connectivity index (χ4v) is 3.07. The molecule has 0 aliphatic rings. The second kappa shape index (κ2) is 12.4. The van der Waals surface area contributed by atoms with E-state index in [-0.39, 0.29) is 5.91 Å². The molecule has 0 bridgehead atoms. The largest absolute Gasteiger partial charge is 0.494 e. The van der Waals surface area contributed by atoms with Gasteiger partial charge in [-0.2, -0.15) is 0 Å². The highest BCUT2D eigenvalue weighted by Crippen LogP contribution is 2.20. The standard InChI is InChI=1S/C26H29NO4/c1-2-29-17-18-31-24-14-6-12-22(19-24)26(28)27-23-13-7-15-25(20-23)30-16-8-11-21-9-4-3-5-10-21/h3-7,9-10,12-15,19-20H,2,8,11,16-18H2,1H3,(H,27,28). The second-order valence-corrected chi connectivity index (χ2v) is 6.99. The zero-order valence-electron chi connectivity index (χ0n) is 17.9. The Hall–Kier alpha value is -3.31. The molecule has 3 aromatic carbocycles. The summed E-state index contributed by atoms with van der Waals surface area (Å²) in [7, 11) is 0. The first-order valence-corrected chi connectivity index (χ1v) is 10.6. The van der Waals surface area contributed by atoms with Gasteiger partial charge >= 0.3 is 0 Å². The zero-order valence-corrected chi connectivity index (χ0v) is 17.9. The number of carbonyl (C=O) groups excluding carboxylic acids is 1. The molecule has 0 aliphatic heterocycles. The van der Waals surface area contributed by atoms with Crippen molar-refractivity contribution in [1.82, 2.24) is 0 Å². The fraction of sp³-hybridized carbons (Fsp3) is 0.269. The number of rotatable bonds is 12. The van der Waals surface area contributed by atoms with E-state index >= 15 is 0 Å². The van der Waals surface area contributed by atoms with E-state index in [0.717, 1.165) is 18.6 Å². The number of aryl methyl sites for hydroxylation is 1. The van der Waals surface area contributed by atoms with Crippen LogP contribution in [0.1, 0.15) is 29.3 Å². The molecule has 5 heteroatoms. The van der Waals surface area contributed by atoms with Gasteiger partial charge in [-0.15, -0.1) is 0 Å². The van der Waals surface area contributed by atoms with Crippen LogP contribution in [-0.2, 0) is 11.2 Å². The maximum Gasteiger partial charge on any atom is 0.255 e. The summed E-state index contributed by atoms with van der Waals surface area (Å²) >= 11 is 0. The van der Waals surface area contributed by atoms with Crippen LogP contribution in [0.2, 0.25) is 0 Å². The average molecular weight is 420 g/mol. The number of hydrogen-bond donors (Lipinski definition) is 1. The van der Waals surface area contributed by atoms with Crippen molar-refractivity contribution in [2.75, 3.05) is 31.7 Å². The Morgan fingerprint density at radius 3 is 2.35 bits per heavy atom. The molecular formula is C26H29NO4. The van der Waals surface area contributed by atoms with Crippen molar-refractivity contribution in [2.24, 2.45) is 0 Å². The first kappa shape index (κ1) is 22.4. The van der Waals surface area contributed by atoms with Gasteiger partial charge < -0.3 is 19.5 Å². The van der Waals surface area contributed by atoms with Gasteiger partial charge in [-0.05, 0) is 55.7 Å². The van der Waals surface area contributed by atoms with Gasteiger partial charge in [0.05, 0.1) is 13.2 Å². The van der Waals surface area contributed by atoms with Gasteiger partial charge in [-0.1, -0.05) is 42.5 Å². The smallest absolute Gasteiger partial charge is 0.255 e. The van der Waals surface area contributed by atoms with Gasteiger partial charge in [0.25, 0.3) is 5.91 Å². The van der Waals surface area contributed by atoms with E-state index in [9.17, 15) is 4.79 Å². The highest BCUT2D eigenvalue weighted by Gasteiger charge is 2.08. The predicted octanol–water partition coefficient (Wildman–Crippen LogP) is 5.37. The van der Waals surface area contributed by atoms with E-state index in [0.29, 0.717) is 43.4 Å². The number of ether oxygens (including phenoxy) is 3. The topological polar surface area (TPSA) is 56.8 Å². The molecule has 31 heavy (non-hydrogen) atoms. The SMILES string of the molecule is CCOCCOc1cccc(C(=O)Nc2cccc(OCCCc3ccccc3)c2)c1. The third-order valence-corrected chi connectivity index (χ3v) is 4.61. The van der Waals surface area contributed by atoms with E-state index in [2.05, 4.69) is 17.4 Å². The molecule has 1 amide bonds. The van der Waals surface area contributed by atoms with Gasteiger partial charge in [-0.25, -0.2) is 0 Å². The molecule has 0 atom stereocenters. The summed E-state index contributed by atoms with van der Waals surface area (Å²) in [6.45, 7) is 4.18. The summed E-state index contributed by atoms with van der Waals surface area (Å²) in [5.74, 6) is 1.18. The van der Waals surface area contributed by atoms with Crippen molar-refractivity contribution in [2.45, 2.75) is 19.8 Å². The van der Waals surface area contributed by atoms with E-state index in [1.807, 2.05) is 55.5 Å². The van der Waals surface area contributed by atoms with Crippen molar-refractivity contribution in [3.8, 4) is 11.5 Å². The Kier molecular flexibility index (Phi) is 8.95. The van der Waals surface area contributed by atoms with Crippen molar-refractivity contribution in [3.05, 3.63) is 90.0 Å². The highest BCUT2D eigenvalue weighted by atomic mass is 16.5. The molecule has 0 radical (unpaired) electrons. The van der Waals surface area contributed by atoms with Crippen LogP contribution in [0.25, 0.3) is 0 Å². The maximum atomic E-state index is 12.6. The third-order valence-electron chi connectivity index (χ3n) is 4.61. The first-order valence-electron chi connectivity index (χ1n) is 10.6. The molecule has 0 saturated heterocycles. The summed E-state index contributed by atoms with van der Waals surface area (Å²) in [6, 6.07) is 24.9. The van der Waals surface area contributed by atoms with E-state index in [1.54, 1.807) is 18.2 Å². The van der Waals surface area contributed by atoms with E-state index in [1.165, 1.54) is 5.56 Å². The molecule has 0 fully saturated rings. The van der Waals surface area contributed by atoms with Crippen molar-refractivity contribution < 1.29 is 19.0 Å². The van der Waals surface area contributed by atoms with Crippen LogP contribution in [0.3, 0.4) is 0 Å². The second-order valence-electron chi connectivity index (χ2n) is 6.99. The molecule has 0 aliphatic carbocycles. The zero-order chi connectivity index (χ0) is 21.7. The van der Waals surface area contributed by atoms with Crippen LogP contribution in [-0.4, -0.2) is 32.3 Å². The Labute approximate surface area is 184 Å². The Balaban J connectivity index is 1.49. The van der Waals surface area contributed by atoms with Gasteiger partial charge in [-0.3, -0.25) is 4.79 Å². The molecule has 0 spiro atoms. The van der Waals surface area contributed by atoms with E-state index in [4.69, 9.17) is 14.2 Å². The number of nitrogens with one attached hydrogen (secondary N) is 1. The maximum absolute atomic E-state index is 12.6. The summed E-state index contributed by atoms with van der Waals surface area (Å²) in [4.78, 5) is 12.6. The Bertz CT molecular complexity index is 943. The van der Waals surface area contributed by atoms with Crippen molar-refractivity contribution in [1.29, 1.82) is 0 Å². The van der Waals surface area contributed by atoms with Crippen molar-refractivity contribution in [3.63, 3.8) is 0 Å². The van der Waals surface area contributed by atoms with Gasteiger partial charge in [0.2, 0.25) is 0 Å². The van der Waals surface area contributed by atoms with Crippen LogP contribution < -0.4 is 14.8 Å².